The van der Waals surface area contributed by atoms with Gasteiger partial charge in [-0.1, -0.05) is 0 Å². The number of nitrogens with one attached hydrogen (secondary N) is 1. The molecule has 0 bridgehead atoms. The highest BCUT2D eigenvalue weighted by molar-refractivity contribution is 4.92. The molecule has 1 saturated carbocycles. The van der Waals surface area contributed by atoms with E-state index < -0.39 is 12.5 Å². The largest absolute Gasteiger partial charge is 0.305 e. The van der Waals surface area contributed by atoms with E-state index in [2.05, 4.69) is 10.2 Å². The fourth-order valence-electron chi connectivity index (χ4n) is 2.14. The van der Waals surface area contributed by atoms with Crippen molar-refractivity contribution in [1.29, 1.82) is 0 Å². The quantitative estimate of drug-likeness (QED) is 0.746. The van der Waals surface area contributed by atoms with Crippen LogP contribution in [-0.2, 0) is 0 Å². The van der Waals surface area contributed by atoms with E-state index in [1.807, 2.05) is 0 Å². The van der Waals surface area contributed by atoms with Crippen LogP contribution in [0.15, 0.2) is 0 Å². The van der Waals surface area contributed by atoms with Crippen LogP contribution in [0.4, 0.5) is 8.78 Å². The second-order valence-corrected chi connectivity index (χ2v) is 4.50. The first-order valence-electron chi connectivity index (χ1n) is 5.45. The Bertz CT molecular complexity index is 195. The van der Waals surface area contributed by atoms with Crippen molar-refractivity contribution in [2.75, 3.05) is 13.1 Å². The first-order valence-corrected chi connectivity index (χ1v) is 5.45. The molecule has 1 aliphatic heterocycles. The fourth-order valence-corrected chi connectivity index (χ4v) is 2.14. The lowest BCUT2D eigenvalue weighted by molar-refractivity contribution is 0.100. The molecule has 0 amide bonds. The third-order valence-corrected chi connectivity index (χ3v) is 3.16. The highest BCUT2D eigenvalue weighted by Gasteiger charge is 2.35. The van der Waals surface area contributed by atoms with Gasteiger partial charge >= 0.3 is 0 Å². The van der Waals surface area contributed by atoms with Gasteiger partial charge in [-0.05, 0) is 26.2 Å². The highest BCUT2D eigenvalue weighted by Crippen LogP contribution is 2.29. The molecule has 0 aromatic carbocycles. The lowest BCUT2D eigenvalue weighted by Crippen LogP contribution is -2.42. The normalized spacial score (nSPS) is 31.3. The summed E-state index contributed by atoms with van der Waals surface area (Å²) in [5.41, 5.74) is 0. The second kappa shape index (κ2) is 4.11. The van der Waals surface area contributed by atoms with Crippen molar-refractivity contribution >= 4 is 0 Å². The number of alkyl halides is 2. The predicted octanol–water partition coefficient (Wildman–Crippen LogP) is 1.47. The number of halogens is 2. The summed E-state index contributed by atoms with van der Waals surface area (Å²) < 4.78 is 24.5. The Morgan fingerprint density at radius 1 is 1.29 bits per heavy atom. The summed E-state index contributed by atoms with van der Waals surface area (Å²) in [5.74, 6) is 0. The second-order valence-electron chi connectivity index (χ2n) is 4.50. The Hall–Kier alpha value is -0.220. The van der Waals surface area contributed by atoms with Gasteiger partial charge in [0.2, 0.25) is 0 Å². The maximum atomic E-state index is 12.3. The van der Waals surface area contributed by atoms with Crippen molar-refractivity contribution in [3.05, 3.63) is 0 Å². The number of hydrogen-bond acceptors (Lipinski definition) is 2. The molecule has 1 heterocycles. The predicted molar refractivity (Wildman–Crippen MR) is 51.6 cm³/mol. The van der Waals surface area contributed by atoms with E-state index in [-0.39, 0.29) is 6.04 Å². The molecule has 4 heteroatoms. The molecule has 1 saturated heterocycles. The van der Waals surface area contributed by atoms with Crippen molar-refractivity contribution in [3.8, 4) is 0 Å². The third kappa shape index (κ3) is 2.42. The molecule has 2 nitrogen and oxygen atoms in total. The van der Waals surface area contributed by atoms with E-state index in [9.17, 15) is 8.78 Å². The zero-order valence-corrected chi connectivity index (χ0v) is 8.55. The monoisotopic (exact) mass is 204 g/mol. The van der Waals surface area contributed by atoms with Crippen LogP contribution in [0.1, 0.15) is 26.2 Å². The van der Waals surface area contributed by atoms with Crippen LogP contribution in [0.3, 0.4) is 0 Å². The van der Waals surface area contributed by atoms with Gasteiger partial charge in [0.05, 0.1) is 6.04 Å². The van der Waals surface area contributed by atoms with Gasteiger partial charge in [-0.2, -0.15) is 0 Å². The summed E-state index contributed by atoms with van der Waals surface area (Å²) in [7, 11) is 0. The summed E-state index contributed by atoms with van der Waals surface area (Å²) in [6.07, 6.45) is 1.38. The molecule has 2 atom stereocenters. The van der Waals surface area contributed by atoms with Crippen molar-refractivity contribution in [2.24, 2.45) is 0 Å². The molecule has 0 aromatic heterocycles. The molecular formula is C10H18F2N2. The van der Waals surface area contributed by atoms with E-state index in [1.54, 1.807) is 6.92 Å². The minimum atomic E-state index is -2.25. The van der Waals surface area contributed by atoms with Crippen molar-refractivity contribution in [3.63, 3.8) is 0 Å². The molecule has 2 rings (SSSR count). The minimum absolute atomic E-state index is 0.277. The molecule has 2 aliphatic rings. The van der Waals surface area contributed by atoms with Crippen molar-refractivity contribution in [1.82, 2.24) is 10.2 Å². The van der Waals surface area contributed by atoms with Gasteiger partial charge in [0, 0.05) is 25.2 Å². The van der Waals surface area contributed by atoms with Crippen LogP contribution >= 0.6 is 0 Å². The van der Waals surface area contributed by atoms with Crippen LogP contribution in [0.25, 0.3) is 0 Å². The Morgan fingerprint density at radius 2 is 2.00 bits per heavy atom. The zero-order chi connectivity index (χ0) is 10.1. The van der Waals surface area contributed by atoms with Crippen LogP contribution in [-0.4, -0.2) is 42.5 Å². The van der Waals surface area contributed by atoms with Crippen LogP contribution in [0.5, 0.6) is 0 Å². The Labute approximate surface area is 83.7 Å². The summed E-state index contributed by atoms with van der Waals surface area (Å²) in [6, 6.07) is 0.377. The van der Waals surface area contributed by atoms with Crippen LogP contribution < -0.4 is 5.32 Å². The number of nitrogens with zero attached hydrogens (tertiary/aromatic N) is 1. The smallest absolute Gasteiger partial charge is 0.253 e. The van der Waals surface area contributed by atoms with E-state index in [4.69, 9.17) is 0 Å². The summed E-state index contributed by atoms with van der Waals surface area (Å²) in [5, 5.41) is 3.00. The number of hydrogen-bond donors (Lipinski definition) is 1. The van der Waals surface area contributed by atoms with Gasteiger partial charge in [-0.25, -0.2) is 8.78 Å². The molecule has 82 valence electrons. The zero-order valence-electron chi connectivity index (χ0n) is 8.55. The standard InChI is InChI=1S/C10H18F2N2/c1-7(10(11)12)13-8-4-5-14(6-8)9-2-3-9/h7-10,13H,2-6H2,1H3. The van der Waals surface area contributed by atoms with E-state index in [0.717, 1.165) is 25.6 Å². The maximum absolute atomic E-state index is 12.3. The SMILES string of the molecule is CC(NC1CCN(C2CC2)C1)C(F)F. The number of rotatable bonds is 4. The van der Waals surface area contributed by atoms with Crippen LogP contribution in [0, 0.1) is 0 Å². The third-order valence-electron chi connectivity index (χ3n) is 3.16. The van der Waals surface area contributed by atoms with Gasteiger partial charge in [0.1, 0.15) is 0 Å². The Balaban J connectivity index is 1.72. The average molecular weight is 204 g/mol. The Morgan fingerprint density at radius 3 is 2.57 bits per heavy atom. The summed E-state index contributed by atoms with van der Waals surface area (Å²) in [6.45, 7) is 3.60. The van der Waals surface area contributed by atoms with E-state index in [1.165, 1.54) is 12.8 Å². The molecule has 14 heavy (non-hydrogen) atoms. The molecule has 2 fully saturated rings. The lowest BCUT2D eigenvalue weighted by atomic mass is 10.2. The van der Waals surface area contributed by atoms with Gasteiger partial charge < -0.3 is 5.32 Å². The molecular weight excluding hydrogens is 186 g/mol. The summed E-state index contributed by atoms with van der Waals surface area (Å²) >= 11 is 0. The maximum Gasteiger partial charge on any atom is 0.253 e. The first-order chi connectivity index (χ1) is 6.66. The molecule has 1 N–H and O–H groups in total. The first kappa shape index (κ1) is 10.3. The minimum Gasteiger partial charge on any atom is -0.305 e. The van der Waals surface area contributed by atoms with Crippen molar-refractivity contribution < 1.29 is 8.78 Å². The number of likely N-dealkylation sites (tertiary alicyclic amines) is 1. The van der Waals surface area contributed by atoms with Gasteiger partial charge in [0.25, 0.3) is 6.43 Å². The molecule has 0 spiro atoms. The molecule has 1 aliphatic carbocycles. The van der Waals surface area contributed by atoms with E-state index in [0.29, 0.717) is 0 Å². The topological polar surface area (TPSA) is 15.3 Å². The van der Waals surface area contributed by atoms with Crippen LogP contribution in [0.2, 0.25) is 0 Å². The molecule has 2 unspecified atom stereocenters. The van der Waals surface area contributed by atoms with Crippen molar-refractivity contribution in [2.45, 2.75) is 50.7 Å². The Kier molecular flexibility index (Phi) is 3.02. The van der Waals surface area contributed by atoms with Gasteiger partial charge in [0.15, 0.2) is 0 Å². The lowest BCUT2D eigenvalue weighted by Gasteiger charge is -2.19. The van der Waals surface area contributed by atoms with E-state index >= 15 is 0 Å². The molecule has 0 aromatic rings. The molecule has 0 radical (unpaired) electrons. The average Bonchev–Trinajstić information content (AvgIpc) is 2.88. The van der Waals surface area contributed by atoms with Gasteiger partial charge in [-0.3, -0.25) is 4.90 Å². The van der Waals surface area contributed by atoms with Gasteiger partial charge in [-0.15, -0.1) is 0 Å². The summed E-state index contributed by atoms with van der Waals surface area (Å²) in [4.78, 5) is 2.43. The fraction of sp³-hybridized carbons (Fsp3) is 1.00. The highest BCUT2D eigenvalue weighted by atomic mass is 19.3.